The maximum atomic E-state index is 12.2. The summed E-state index contributed by atoms with van der Waals surface area (Å²) < 4.78 is 46.9. The molecule has 1 amide bonds. The van der Waals surface area contributed by atoms with Crippen molar-refractivity contribution in [3.05, 3.63) is 23.8 Å². The Kier molecular flexibility index (Phi) is 7.84. The quantitative estimate of drug-likeness (QED) is 0.696. The number of alkyl halides is 3. The summed E-state index contributed by atoms with van der Waals surface area (Å²) in [5.74, 6) is 0.975. The molecule has 0 aliphatic carbocycles. The molecule has 0 aliphatic heterocycles. The van der Waals surface area contributed by atoms with Crippen LogP contribution in [-0.2, 0) is 11.2 Å². The molecule has 0 bridgehead atoms. The van der Waals surface area contributed by atoms with E-state index >= 15 is 0 Å². The maximum absolute atomic E-state index is 12.2. The van der Waals surface area contributed by atoms with Crippen LogP contribution in [0.25, 0.3) is 0 Å². The van der Waals surface area contributed by atoms with Gasteiger partial charge in [-0.25, -0.2) is 0 Å². The van der Waals surface area contributed by atoms with E-state index in [1.54, 1.807) is 18.2 Å². The van der Waals surface area contributed by atoms with Crippen LogP contribution in [-0.4, -0.2) is 57.9 Å². The number of hydrogen-bond donors (Lipinski definition) is 1. The number of carbonyl (C=O) groups excluding carboxylic acids is 1. The van der Waals surface area contributed by atoms with E-state index in [1.807, 2.05) is 0 Å². The van der Waals surface area contributed by atoms with Crippen molar-refractivity contribution in [2.45, 2.75) is 19.0 Å². The first kappa shape index (κ1) is 20.1. The Hall–Kier alpha value is -1.96. The van der Waals surface area contributed by atoms with Gasteiger partial charge in [-0.3, -0.25) is 9.69 Å². The van der Waals surface area contributed by atoms with E-state index in [4.69, 9.17) is 9.47 Å². The third-order valence-corrected chi connectivity index (χ3v) is 3.33. The highest BCUT2D eigenvalue weighted by Crippen LogP contribution is 2.24. The summed E-state index contributed by atoms with van der Waals surface area (Å²) in [6, 6.07) is 5.17. The molecule has 0 heterocycles. The van der Waals surface area contributed by atoms with Crippen molar-refractivity contribution in [3.8, 4) is 11.5 Å². The van der Waals surface area contributed by atoms with Crippen molar-refractivity contribution < 1.29 is 27.4 Å². The molecule has 136 valence electrons. The Morgan fingerprint density at radius 3 is 2.54 bits per heavy atom. The van der Waals surface area contributed by atoms with Gasteiger partial charge in [0.25, 0.3) is 0 Å². The third kappa shape index (κ3) is 7.54. The van der Waals surface area contributed by atoms with Crippen molar-refractivity contribution in [2.24, 2.45) is 0 Å². The summed E-state index contributed by atoms with van der Waals surface area (Å²) in [6.45, 7) is -0.391. The summed E-state index contributed by atoms with van der Waals surface area (Å²) in [5.41, 5.74) is 0.684. The van der Waals surface area contributed by atoms with Crippen LogP contribution in [0.15, 0.2) is 18.2 Å². The van der Waals surface area contributed by atoms with E-state index in [1.165, 1.54) is 26.2 Å². The van der Waals surface area contributed by atoms with E-state index < -0.39 is 12.7 Å². The zero-order valence-electron chi connectivity index (χ0n) is 14.1. The predicted octanol–water partition coefficient (Wildman–Crippen LogP) is 2.25. The first-order valence-corrected chi connectivity index (χ1v) is 7.48. The Morgan fingerprint density at radius 2 is 1.96 bits per heavy atom. The van der Waals surface area contributed by atoms with Crippen LogP contribution in [0.4, 0.5) is 13.2 Å². The van der Waals surface area contributed by atoms with Gasteiger partial charge in [0.1, 0.15) is 11.5 Å². The van der Waals surface area contributed by atoms with Crippen molar-refractivity contribution >= 4 is 5.91 Å². The number of benzene rings is 1. The van der Waals surface area contributed by atoms with Crippen molar-refractivity contribution in [2.75, 3.05) is 40.9 Å². The lowest BCUT2D eigenvalue weighted by atomic mass is 10.1. The van der Waals surface area contributed by atoms with Gasteiger partial charge >= 0.3 is 6.18 Å². The summed E-state index contributed by atoms with van der Waals surface area (Å²) in [4.78, 5) is 13.1. The van der Waals surface area contributed by atoms with E-state index in [9.17, 15) is 18.0 Å². The minimum atomic E-state index is -4.21. The predicted molar refractivity (Wildman–Crippen MR) is 84.4 cm³/mol. The van der Waals surface area contributed by atoms with Gasteiger partial charge in [0.05, 0.1) is 27.2 Å². The standard InChI is InChI=1S/C16H23F3N2O3/c1-21(11-16(17,18)19)8-4-7-20-15(22)10-12-9-13(23-2)5-6-14(12)24-3/h5-6,9H,4,7-8,10-11H2,1-3H3,(H,20,22). The minimum absolute atomic E-state index is 0.110. The lowest BCUT2D eigenvalue weighted by molar-refractivity contribution is -0.143. The highest BCUT2D eigenvalue weighted by atomic mass is 19.4. The maximum Gasteiger partial charge on any atom is 0.401 e. The van der Waals surface area contributed by atoms with Gasteiger partial charge in [-0.05, 0) is 38.2 Å². The van der Waals surface area contributed by atoms with Gasteiger partial charge in [-0.1, -0.05) is 0 Å². The molecule has 0 saturated carbocycles. The molecule has 5 nitrogen and oxygen atoms in total. The molecule has 1 rings (SSSR count). The SMILES string of the molecule is COc1ccc(OC)c(CC(=O)NCCCN(C)CC(F)(F)F)c1. The second-order valence-electron chi connectivity index (χ2n) is 5.41. The average Bonchev–Trinajstić information content (AvgIpc) is 2.49. The number of halogens is 3. The zero-order valence-corrected chi connectivity index (χ0v) is 14.1. The molecule has 1 aromatic carbocycles. The zero-order chi connectivity index (χ0) is 18.2. The molecule has 0 atom stereocenters. The second kappa shape index (κ2) is 9.36. The van der Waals surface area contributed by atoms with Crippen LogP contribution in [0.1, 0.15) is 12.0 Å². The smallest absolute Gasteiger partial charge is 0.401 e. The van der Waals surface area contributed by atoms with Crippen LogP contribution in [0.5, 0.6) is 11.5 Å². The molecular weight excluding hydrogens is 325 g/mol. The van der Waals surface area contributed by atoms with Gasteiger partial charge in [-0.2, -0.15) is 13.2 Å². The molecule has 0 aliphatic rings. The van der Waals surface area contributed by atoms with E-state index in [0.29, 0.717) is 30.0 Å². The summed E-state index contributed by atoms with van der Waals surface area (Å²) >= 11 is 0. The fraction of sp³-hybridized carbons (Fsp3) is 0.562. The van der Waals surface area contributed by atoms with Crippen LogP contribution in [0.3, 0.4) is 0 Å². The van der Waals surface area contributed by atoms with Crippen molar-refractivity contribution in [3.63, 3.8) is 0 Å². The first-order valence-electron chi connectivity index (χ1n) is 7.48. The first-order chi connectivity index (χ1) is 11.2. The second-order valence-corrected chi connectivity index (χ2v) is 5.41. The van der Waals surface area contributed by atoms with Gasteiger partial charge in [0.15, 0.2) is 0 Å². The Labute approximate surface area is 139 Å². The van der Waals surface area contributed by atoms with Gasteiger partial charge in [0.2, 0.25) is 5.91 Å². The van der Waals surface area contributed by atoms with Gasteiger partial charge < -0.3 is 14.8 Å². The third-order valence-electron chi connectivity index (χ3n) is 3.33. The topological polar surface area (TPSA) is 50.8 Å². The normalized spacial score (nSPS) is 11.5. The molecule has 0 spiro atoms. The monoisotopic (exact) mass is 348 g/mol. The minimum Gasteiger partial charge on any atom is -0.497 e. The number of nitrogens with zero attached hydrogens (tertiary/aromatic N) is 1. The number of hydrogen-bond acceptors (Lipinski definition) is 4. The molecule has 0 saturated heterocycles. The van der Waals surface area contributed by atoms with E-state index in [0.717, 1.165) is 0 Å². The lowest BCUT2D eigenvalue weighted by Gasteiger charge is -2.18. The number of amides is 1. The molecule has 1 aromatic rings. The molecule has 1 N–H and O–H groups in total. The van der Waals surface area contributed by atoms with E-state index in [2.05, 4.69) is 5.32 Å². The fourth-order valence-electron chi connectivity index (χ4n) is 2.22. The molecule has 0 fully saturated rings. The molecule has 8 heteroatoms. The van der Waals surface area contributed by atoms with Gasteiger partial charge in [-0.15, -0.1) is 0 Å². The highest BCUT2D eigenvalue weighted by Gasteiger charge is 2.28. The summed E-state index contributed by atoms with van der Waals surface area (Å²) in [6.07, 6.45) is -3.66. The number of ether oxygens (including phenoxy) is 2. The number of methoxy groups -OCH3 is 2. The van der Waals surface area contributed by atoms with Gasteiger partial charge in [0, 0.05) is 12.1 Å². The highest BCUT2D eigenvalue weighted by molar-refractivity contribution is 5.79. The molecule has 0 unspecified atom stereocenters. The number of nitrogens with one attached hydrogen (secondary N) is 1. The van der Waals surface area contributed by atoms with Crippen LogP contribution in [0, 0.1) is 0 Å². The molecular formula is C16H23F3N2O3. The van der Waals surface area contributed by atoms with E-state index in [-0.39, 0.29) is 18.9 Å². The summed E-state index contributed by atoms with van der Waals surface area (Å²) in [7, 11) is 4.44. The Morgan fingerprint density at radius 1 is 1.25 bits per heavy atom. The largest absolute Gasteiger partial charge is 0.497 e. The molecule has 0 radical (unpaired) electrons. The van der Waals surface area contributed by atoms with Crippen LogP contribution >= 0.6 is 0 Å². The lowest BCUT2D eigenvalue weighted by Crippen LogP contribution is -2.34. The average molecular weight is 348 g/mol. The molecule has 0 aromatic heterocycles. The fourth-order valence-corrected chi connectivity index (χ4v) is 2.22. The molecule has 24 heavy (non-hydrogen) atoms. The number of rotatable bonds is 9. The van der Waals surface area contributed by atoms with Crippen LogP contribution in [0.2, 0.25) is 0 Å². The Balaban J connectivity index is 2.39. The van der Waals surface area contributed by atoms with Crippen molar-refractivity contribution in [1.82, 2.24) is 10.2 Å². The van der Waals surface area contributed by atoms with Crippen LogP contribution < -0.4 is 14.8 Å². The Bertz CT molecular complexity index is 536. The number of carbonyl (C=O) groups is 1. The van der Waals surface area contributed by atoms with Crippen molar-refractivity contribution in [1.29, 1.82) is 0 Å². The summed E-state index contributed by atoms with van der Waals surface area (Å²) in [5, 5.41) is 2.69.